The molecular weight excluding hydrogens is 320 g/mol. The van der Waals surface area contributed by atoms with Crippen LogP contribution in [0.25, 0.3) is 0 Å². The van der Waals surface area contributed by atoms with Crippen LogP contribution in [-0.2, 0) is 10.2 Å². The Balaban J connectivity index is 3.06. The highest BCUT2D eigenvalue weighted by molar-refractivity contribution is 7.86. The van der Waals surface area contributed by atoms with Crippen molar-refractivity contribution in [3.8, 4) is 0 Å². The van der Waals surface area contributed by atoms with Crippen LogP contribution in [0, 0.1) is 5.92 Å². The Morgan fingerprint density at radius 3 is 2.65 bits per heavy atom. The highest BCUT2D eigenvalue weighted by Gasteiger charge is 2.38. The van der Waals surface area contributed by atoms with Crippen molar-refractivity contribution in [2.24, 2.45) is 5.92 Å². The van der Waals surface area contributed by atoms with Crippen LogP contribution in [-0.4, -0.2) is 72.8 Å². The van der Waals surface area contributed by atoms with E-state index in [9.17, 15) is 13.5 Å². The molecule has 1 saturated heterocycles. The molecule has 3 atom stereocenters. The van der Waals surface area contributed by atoms with E-state index in [-0.39, 0.29) is 12.5 Å². The van der Waals surface area contributed by atoms with Gasteiger partial charge in [-0.3, -0.25) is 0 Å². The number of hydrogen-bond donors (Lipinski definition) is 4. The van der Waals surface area contributed by atoms with E-state index in [1.165, 1.54) is 10.4 Å². The summed E-state index contributed by atoms with van der Waals surface area (Å²) in [6, 6.07) is 0. The highest BCUT2D eigenvalue weighted by Crippen LogP contribution is 2.22. The monoisotopic (exact) mass is 348 g/mol. The predicted molar refractivity (Wildman–Crippen MR) is 89.4 cm³/mol. The van der Waals surface area contributed by atoms with Gasteiger partial charge in [-0.1, -0.05) is 26.2 Å². The van der Waals surface area contributed by atoms with E-state index >= 15 is 0 Å². The predicted octanol–water partition coefficient (Wildman–Crippen LogP) is -0.979. The molecule has 134 valence electrons. The van der Waals surface area contributed by atoms with Gasteiger partial charge in [0.1, 0.15) is 6.17 Å². The van der Waals surface area contributed by atoms with Crippen LogP contribution in [0.5, 0.6) is 0 Å². The van der Waals surface area contributed by atoms with Gasteiger partial charge in [0.15, 0.2) is 0 Å². The maximum atomic E-state index is 12.9. The Labute approximate surface area is 138 Å². The Hall–Kier alpha value is -1.13. The van der Waals surface area contributed by atoms with Gasteiger partial charge in [-0.05, 0) is 12.3 Å². The number of nitrogens with one attached hydrogen (secondary N) is 2. The first kappa shape index (κ1) is 19.9. The summed E-state index contributed by atoms with van der Waals surface area (Å²) < 4.78 is 28.3. The fraction of sp³-hybridized carbons (Fsp3) is 0.714. The SMILES string of the molecule is C=CC(NC(=C)NC)N(C[C@@H](O)CO)S(=O)(=O)N1CCC(C)C1. The lowest BCUT2D eigenvalue weighted by Gasteiger charge is -2.34. The van der Waals surface area contributed by atoms with Crippen molar-refractivity contribution in [1.82, 2.24) is 19.2 Å². The van der Waals surface area contributed by atoms with Crippen molar-refractivity contribution in [1.29, 1.82) is 0 Å². The van der Waals surface area contributed by atoms with Crippen molar-refractivity contribution in [3.05, 3.63) is 25.1 Å². The molecule has 1 heterocycles. The van der Waals surface area contributed by atoms with E-state index in [0.717, 1.165) is 10.7 Å². The normalized spacial score (nSPS) is 21.9. The van der Waals surface area contributed by atoms with Gasteiger partial charge in [0.25, 0.3) is 10.2 Å². The number of aliphatic hydroxyl groups excluding tert-OH is 2. The van der Waals surface area contributed by atoms with Crippen molar-refractivity contribution < 1.29 is 18.6 Å². The Kier molecular flexibility index (Phi) is 7.49. The van der Waals surface area contributed by atoms with E-state index in [0.29, 0.717) is 18.9 Å². The molecule has 0 amide bonds. The Morgan fingerprint density at radius 1 is 1.57 bits per heavy atom. The fourth-order valence-electron chi connectivity index (χ4n) is 2.37. The molecule has 0 aromatic carbocycles. The van der Waals surface area contributed by atoms with Gasteiger partial charge in [-0.25, -0.2) is 0 Å². The zero-order chi connectivity index (χ0) is 17.6. The molecule has 1 rings (SSSR count). The molecule has 23 heavy (non-hydrogen) atoms. The second-order valence-electron chi connectivity index (χ2n) is 5.72. The minimum atomic E-state index is -3.81. The average Bonchev–Trinajstić information content (AvgIpc) is 2.97. The lowest BCUT2D eigenvalue weighted by Crippen LogP contribution is -2.55. The molecular formula is C14H28N4O4S. The molecule has 1 aliphatic heterocycles. The molecule has 1 aliphatic rings. The first-order valence-corrected chi connectivity index (χ1v) is 8.97. The number of aliphatic hydroxyl groups is 2. The Morgan fingerprint density at radius 2 is 2.22 bits per heavy atom. The van der Waals surface area contributed by atoms with Crippen LogP contribution in [0.3, 0.4) is 0 Å². The summed E-state index contributed by atoms with van der Waals surface area (Å²) in [6.07, 6.45) is 0.239. The molecule has 0 bridgehead atoms. The molecule has 1 fully saturated rings. The first-order chi connectivity index (χ1) is 10.8. The minimum Gasteiger partial charge on any atom is -0.394 e. The van der Waals surface area contributed by atoms with Crippen LogP contribution < -0.4 is 10.6 Å². The maximum absolute atomic E-state index is 12.9. The molecule has 9 heteroatoms. The van der Waals surface area contributed by atoms with Crippen LogP contribution in [0.4, 0.5) is 0 Å². The van der Waals surface area contributed by atoms with Crippen molar-refractivity contribution in [2.75, 3.05) is 33.3 Å². The van der Waals surface area contributed by atoms with Crippen LogP contribution in [0.15, 0.2) is 25.1 Å². The minimum absolute atomic E-state index is 0.246. The molecule has 0 aromatic rings. The third kappa shape index (κ3) is 5.18. The number of hydrogen-bond acceptors (Lipinski definition) is 6. The average molecular weight is 348 g/mol. The highest BCUT2D eigenvalue weighted by atomic mass is 32.2. The summed E-state index contributed by atoms with van der Waals surface area (Å²) in [5.41, 5.74) is 0. The van der Waals surface area contributed by atoms with Gasteiger partial charge in [-0.2, -0.15) is 17.0 Å². The second kappa shape index (κ2) is 8.65. The smallest absolute Gasteiger partial charge is 0.284 e. The largest absolute Gasteiger partial charge is 0.394 e. The standard InChI is InChI=1S/C14H28N4O4S/c1-5-14(16-12(3)15-4)18(9-13(20)10-19)23(21,22)17-7-6-11(2)8-17/h5,11,13-16,19-20H,1,3,6-10H2,2,4H3/t11?,13-,14?/m1/s1. The molecule has 0 radical (unpaired) electrons. The fourth-order valence-corrected chi connectivity index (χ4v) is 4.23. The molecule has 4 N–H and O–H groups in total. The molecule has 2 unspecified atom stereocenters. The summed E-state index contributed by atoms with van der Waals surface area (Å²) >= 11 is 0. The maximum Gasteiger partial charge on any atom is 0.284 e. The van der Waals surface area contributed by atoms with Gasteiger partial charge in [0.05, 0.1) is 18.5 Å². The van der Waals surface area contributed by atoms with Crippen LogP contribution in [0.1, 0.15) is 13.3 Å². The second-order valence-corrected chi connectivity index (χ2v) is 7.60. The lowest BCUT2D eigenvalue weighted by atomic mass is 10.2. The van der Waals surface area contributed by atoms with Gasteiger partial charge in [-0.15, -0.1) is 0 Å². The first-order valence-electron chi connectivity index (χ1n) is 7.57. The lowest BCUT2D eigenvalue weighted by molar-refractivity contribution is 0.0711. The van der Waals surface area contributed by atoms with Crippen LogP contribution in [0.2, 0.25) is 0 Å². The number of rotatable bonds is 10. The quantitative estimate of drug-likeness (QED) is 0.299. The van der Waals surface area contributed by atoms with E-state index in [2.05, 4.69) is 23.8 Å². The zero-order valence-corrected chi connectivity index (χ0v) is 14.6. The molecule has 0 aromatic heterocycles. The van der Waals surface area contributed by atoms with Crippen molar-refractivity contribution in [3.63, 3.8) is 0 Å². The third-order valence-electron chi connectivity index (χ3n) is 3.77. The topological polar surface area (TPSA) is 105 Å². The summed E-state index contributed by atoms with van der Waals surface area (Å²) in [6.45, 7) is 9.47. The van der Waals surface area contributed by atoms with E-state index in [1.54, 1.807) is 7.05 Å². The van der Waals surface area contributed by atoms with Gasteiger partial charge in [0, 0.05) is 26.7 Å². The van der Waals surface area contributed by atoms with Gasteiger partial charge < -0.3 is 20.8 Å². The van der Waals surface area contributed by atoms with Crippen molar-refractivity contribution in [2.45, 2.75) is 25.6 Å². The molecule has 0 aliphatic carbocycles. The van der Waals surface area contributed by atoms with E-state index in [1.807, 2.05) is 6.92 Å². The van der Waals surface area contributed by atoms with Crippen LogP contribution >= 0.6 is 0 Å². The molecule has 0 saturated carbocycles. The van der Waals surface area contributed by atoms with Gasteiger partial charge in [0.2, 0.25) is 0 Å². The summed E-state index contributed by atoms with van der Waals surface area (Å²) in [5, 5.41) is 24.5. The molecule has 8 nitrogen and oxygen atoms in total. The molecule has 0 spiro atoms. The van der Waals surface area contributed by atoms with Crippen molar-refractivity contribution >= 4 is 10.2 Å². The Bertz CT molecular complexity index is 511. The third-order valence-corrected chi connectivity index (χ3v) is 5.72. The zero-order valence-electron chi connectivity index (χ0n) is 13.8. The van der Waals surface area contributed by atoms with E-state index < -0.39 is 29.1 Å². The number of nitrogens with zero attached hydrogens (tertiary/aromatic N) is 2. The summed E-state index contributed by atoms with van der Waals surface area (Å²) in [7, 11) is -2.16. The van der Waals surface area contributed by atoms with Gasteiger partial charge >= 0.3 is 0 Å². The van der Waals surface area contributed by atoms with E-state index in [4.69, 9.17) is 5.11 Å². The summed E-state index contributed by atoms with van der Waals surface area (Å²) in [4.78, 5) is 0. The summed E-state index contributed by atoms with van der Waals surface area (Å²) in [5.74, 6) is 0.709.